The molecular formula is C63H37N5O. The van der Waals surface area contributed by atoms with Gasteiger partial charge in [-0.2, -0.15) is 0 Å². The summed E-state index contributed by atoms with van der Waals surface area (Å²) in [6.07, 6.45) is 0. The van der Waals surface area contributed by atoms with Crippen LogP contribution >= 0.6 is 0 Å². The Labute approximate surface area is 394 Å². The van der Waals surface area contributed by atoms with Crippen LogP contribution in [0.4, 0.5) is 0 Å². The number of aromatic nitrogens is 5. The van der Waals surface area contributed by atoms with Gasteiger partial charge in [-0.25, -0.2) is 15.0 Å². The topological polar surface area (TPSA) is 61.7 Å². The zero-order chi connectivity index (χ0) is 45.2. The molecule has 0 aliphatic carbocycles. The van der Waals surface area contributed by atoms with Crippen molar-refractivity contribution in [3.05, 3.63) is 224 Å². The molecule has 0 spiro atoms. The molecule has 0 atom stereocenters. The molecule has 0 fully saturated rings. The van der Waals surface area contributed by atoms with E-state index in [1.54, 1.807) is 0 Å². The van der Waals surface area contributed by atoms with Crippen LogP contribution in [-0.4, -0.2) is 24.1 Å². The van der Waals surface area contributed by atoms with E-state index in [1.807, 2.05) is 0 Å². The Balaban J connectivity index is 1.08. The molecule has 0 radical (unpaired) electrons. The lowest BCUT2D eigenvalue weighted by Crippen LogP contribution is -2.03. The van der Waals surface area contributed by atoms with Crippen LogP contribution in [0.15, 0.2) is 229 Å². The van der Waals surface area contributed by atoms with Crippen LogP contribution in [0.1, 0.15) is 0 Å². The van der Waals surface area contributed by atoms with Crippen LogP contribution in [0.25, 0.3) is 143 Å². The first-order valence-corrected chi connectivity index (χ1v) is 23.3. The van der Waals surface area contributed by atoms with Gasteiger partial charge in [-0.05, 0) is 87.6 Å². The third-order valence-electron chi connectivity index (χ3n) is 14.1. The van der Waals surface area contributed by atoms with Gasteiger partial charge in [-0.15, -0.1) is 0 Å². The van der Waals surface area contributed by atoms with Gasteiger partial charge in [-0.1, -0.05) is 164 Å². The highest BCUT2D eigenvalue weighted by Gasteiger charge is 2.24. The van der Waals surface area contributed by atoms with Crippen LogP contribution in [0, 0.1) is 0 Å². The normalized spacial score (nSPS) is 12.1. The van der Waals surface area contributed by atoms with Crippen LogP contribution in [-0.2, 0) is 0 Å². The second-order valence-electron chi connectivity index (χ2n) is 17.9. The van der Waals surface area contributed by atoms with Gasteiger partial charge in [0.15, 0.2) is 23.1 Å². The zero-order valence-corrected chi connectivity index (χ0v) is 37.0. The summed E-state index contributed by atoms with van der Waals surface area (Å²) in [7, 11) is 0. The minimum Gasteiger partial charge on any atom is -0.453 e. The Morgan fingerprint density at radius 3 is 1.67 bits per heavy atom. The molecule has 0 aliphatic heterocycles. The molecule has 0 N–H and O–H groups in total. The fraction of sp³-hybridized carbons (Fsp3) is 0. The molecule has 0 unspecified atom stereocenters. The molecule has 15 aromatic rings. The van der Waals surface area contributed by atoms with Crippen molar-refractivity contribution >= 4 is 97.9 Å². The molecule has 15 rings (SSSR count). The molecule has 11 aromatic carbocycles. The van der Waals surface area contributed by atoms with Gasteiger partial charge in [0.25, 0.3) is 0 Å². The molecule has 0 amide bonds. The third-order valence-corrected chi connectivity index (χ3v) is 14.1. The van der Waals surface area contributed by atoms with Gasteiger partial charge >= 0.3 is 0 Å². The summed E-state index contributed by atoms with van der Waals surface area (Å²) in [6, 6.07) is 79.7. The molecule has 4 aromatic heterocycles. The summed E-state index contributed by atoms with van der Waals surface area (Å²) in [5.74, 6) is 1.74. The maximum Gasteiger partial charge on any atom is 0.166 e. The number of para-hydroxylation sites is 4. The highest BCUT2D eigenvalue weighted by Crippen LogP contribution is 2.44. The minimum atomic E-state index is 0.562. The average Bonchev–Trinajstić information content (AvgIpc) is 4.08. The standard InChI is InChI=1S/C63H37N5O/c1-2-21-43(22-3-1)67-54-30-12-10-25-46(54)48-27-15-29-51(58(48)67)63-65-61(64-62(66-63)50-28-14-20-38-16-6-8-23-44(38)50)42-35-53-49-33-32-39-17-7-9-24-45(39)59(49)69-60(53)57(37-42)68-55-31-13-11-26-47(55)52-34-40-18-4-5-19-41(40)36-56(52)68/h1-37H. The Hall–Kier alpha value is -9.39. The van der Waals surface area contributed by atoms with E-state index in [0.717, 1.165) is 104 Å². The van der Waals surface area contributed by atoms with Gasteiger partial charge in [-0.3, -0.25) is 0 Å². The average molecular weight is 880 g/mol. The Morgan fingerprint density at radius 1 is 0.304 bits per heavy atom. The van der Waals surface area contributed by atoms with Crippen LogP contribution in [0.5, 0.6) is 0 Å². The van der Waals surface area contributed by atoms with E-state index in [4.69, 9.17) is 19.4 Å². The molecule has 0 saturated carbocycles. The molecule has 320 valence electrons. The molecule has 6 nitrogen and oxygen atoms in total. The van der Waals surface area contributed by atoms with Gasteiger partial charge in [0.05, 0.1) is 27.8 Å². The maximum absolute atomic E-state index is 7.19. The van der Waals surface area contributed by atoms with E-state index in [9.17, 15) is 0 Å². The van der Waals surface area contributed by atoms with Crippen molar-refractivity contribution in [2.45, 2.75) is 0 Å². The highest BCUT2D eigenvalue weighted by molar-refractivity contribution is 6.19. The number of hydrogen-bond acceptors (Lipinski definition) is 4. The number of hydrogen-bond donors (Lipinski definition) is 0. The number of nitrogens with zero attached hydrogens (tertiary/aromatic N) is 5. The highest BCUT2D eigenvalue weighted by atomic mass is 16.3. The maximum atomic E-state index is 7.19. The first-order chi connectivity index (χ1) is 34.2. The lowest BCUT2D eigenvalue weighted by Gasteiger charge is -2.14. The van der Waals surface area contributed by atoms with Crippen molar-refractivity contribution in [1.29, 1.82) is 0 Å². The molecule has 0 bridgehead atoms. The van der Waals surface area contributed by atoms with Crippen molar-refractivity contribution in [2.24, 2.45) is 0 Å². The van der Waals surface area contributed by atoms with Crippen LogP contribution < -0.4 is 0 Å². The zero-order valence-electron chi connectivity index (χ0n) is 37.0. The predicted octanol–water partition coefficient (Wildman–Crippen LogP) is 16.4. The van der Waals surface area contributed by atoms with E-state index in [0.29, 0.717) is 17.5 Å². The second-order valence-corrected chi connectivity index (χ2v) is 17.9. The summed E-state index contributed by atoms with van der Waals surface area (Å²) >= 11 is 0. The number of benzene rings is 11. The van der Waals surface area contributed by atoms with Gasteiger partial charge in [0.2, 0.25) is 0 Å². The number of fused-ring (bicyclic) bond motifs is 13. The van der Waals surface area contributed by atoms with Crippen molar-refractivity contribution < 1.29 is 4.42 Å². The molecule has 6 heteroatoms. The molecule has 69 heavy (non-hydrogen) atoms. The summed E-state index contributed by atoms with van der Waals surface area (Å²) in [6.45, 7) is 0. The molecule has 0 aliphatic rings. The number of furan rings is 1. The van der Waals surface area contributed by atoms with Crippen molar-refractivity contribution in [2.75, 3.05) is 0 Å². The van der Waals surface area contributed by atoms with Gasteiger partial charge in [0.1, 0.15) is 5.58 Å². The predicted molar refractivity (Wildman–Crippen MR) is 285 cm³/mol. The van der Waals surface area contributed by atoms with Crippen molar-refractivity contribution in [3.63, 3.8) is 0 Å². The fourth-order valence-corrected chi connectivity index (χ4v) is 11.0. The lowest BCUT2D eigenvalue weighted by molar-refractivity contribution is 0.670. The van der Waals surface area contributed by atoms with E-state index in [1.165, 1.54) is 21.5 Å². The molecule has 0 saturated heterocycles. The van der Waals surface area contributed by atoms with Crippen molar-refractivity contribution in [1.82, 2.24) is 24.1 Å². The summed E-state index contributed by atoms with van der Waals surface area (Å²) in [4.78, 5) is 16.5. The van der Waals surface area contributed by atoms with Gasteiger partial charge in [0, 0.05) is 60.1 Å². The van der Waals surface area contributed by atoms with E-state index >= 15 is 0 Å². The molecular weight excluding hydrogens is 843 g/mol. The minimum absolute atomic E-state index is 0.562. The van der Waals surface area contributed by atoms with Crippen LogP contribution in [0.2, 0.25) is 0 Å². The molecule has 4 heterocycles. The lowest BCUT2D eigenvalue weighted by atomic mass is 10.0. The van der Waals surface area contributed by atoms with E-state index in [-0.39, 0.29) is 0 Å². The SMILES string of the molecule is c1ccc(-n2c3ccccc3c3cccc(-c4nc(-c5cc(-n6c7ccccc7c7cc8ccccc8cc76)c6oc7c8ccccc8ccc7c6c5)nc(-c5cccc6ccccc56)n4)c32)cc1. The van der Waals surface area contributed by atoms with Crippen LogP contribution in [0.3, 0.4) is 0 Å². The first-order valence-electron chi connectivity index (χ1n) is 23.3. The Morgan fingerprint density at radius 2 is 0.870 bits per heavy atom. The monoisotopic (exact) mass is 879 g/mol. The smallest absolute Gasteiger partial charge is 0.166 e. The summed E-state index contributed by atoms with van der Waals surface area (Å²) in [5.41, 5.74) is 10.6. The Kier molecular flexibility index (Phi) is 7.97. The number of rotatable bonds is 5. The Bertz CT molecular complexity index is 4610. The van der Waals surface area contributed by atoms with E-state index in [2.05, 4.69) is 234 Å². The summed E-state index contributed by atoms with van der Waals surface area (Å²) in [5, 5.41) is 13.4. The van der Waals surface area contributed by atoms with Gasteiger partial charge < -0.3 is 13.6 Å². The quantitative estimate of drug-likeness (QED) is 0.173. The first kappa shape index (κ1) is 37.8. The second kappa shape index (κ2) is 14.6. The largest absolute Gasteiger partial charge is 0.453 e. The van der Waals surface area contributed by atoms with Crippen molar-refractivity contribution in [3.8, 4) is 45.5 Å². The summed E-state index contributed by atoms with van der Waals surface area (Å²) < 4.78 is 11.9. The van der Waals surface area contributed by atoms with E-state index < -0.39 is 0 Å². The fourth-order valence-electron chi connectivity index (χ4n) is 11.0. The third kappa shape index (κ3) is 5.63.